The minimum atomic E-state index is -0.293. The zero-order chi connectivity index (χ0) is 12.8. The lowest BCUT2D eigenvalue weighted by Gasteiger charge is -2.08. The fourth-order valence-corrected chi connectivity index (χ4v) is 1.77. The van der Waals surface area contributed by atoms with E-state index in [0.29, 0.717) is 13.3 Å². The molecule has 1 atom stereocenters. The molecule has 1 aliphatic rings. The molecule has 7 heteroatoms. The number of hydrogen-bond donors (Lipinski definition) is 3. The summed E-state index contributed by atoms with van der Waals surface area (Å²) in [5.41, 5.74) is 1.18. The standard InChI is InChI=1S/C13H20N2O3.2ClH/c1-10(16)7-14-4-5-15-8-11-2-3-12-13(6-11)18-9-17-12;;/h2-3,6,10,14-16H,4-5,7-9H2,1H3;2*1H/p-2. The number of aliphatic hydroxyl groups excluding tert-OH is 1. The van der Waals surface area contributed by atoms with E-state index < -0.39 is 0 Å². The van der Waals surface area contributed by atoms with Crippen molar-refractivity contribution in [2.45, 2.75) is 19.6 Å². The third-order valence-electron chi connectivity index (χ3n) is 2.68. The topological polar surface area (TPSA) is 62.8 Å². The van der Waals surface area contributed by atoms with Crippen LogP contribution in [0.1, 0.15) is 12.5 Å². The molecule has 0 spiro atoms. The molecule has 116 valence electrons. The van der Waals surface area contributed by atoms with Crippen LogP contribution in [-0.4, -0.2) is 37.6 Å². The molecule has 5 nitrogen and oxygen atoms in total. The van der Waals surface area contributed by atoms with Crippen LogP contribution in [0.4, 0.5) is 0 Å². The summed E-state index contributed by atoms with van der Waals surface area (Å²) >= 11 is 0. The lowest BCUT2D eigenvalue weighted by atomic mass is 10.2. The Balaban J connectivity index is 0.00000180. The van der Waals surface area contributed by atoms with Crippen LogP contribution in [0.5, 0.6) is 11.5 Å². The predicted molar refractivity (Wildman–Crippen MR) is 68.8 cm³/mol. The first-order valence-electron chi connectivity index (χ1n) is 6.24. The molecule has 0 aromatic heterocycles. The summed E-state index contributed by atoms with van der Waals surface area (Å²) in [4.78, 5) is 0. The van der Waals surface area contributed by atoms with Crippen molar-refractivity contribution < 1.29 is 39.4 Å². The van der Waals surface area contributed by atoms with Crippen LogP contribution in [0.3, 0.4) is 0 Å². The number of benzene rings is 1. The Bertz CT molecular complexity index is 392. The summed E-state index contributed by atoms with van der Waals surface area (Å²) in [6.45, 7) is 5.22. The third kappa shape index (κ3) is 6.15. The number of fused-ring (bicyclic) bond motifs is 1. The fourth-order valence-electron chi connectivity index (χ4n) is 1.77. The van der Waals surface area contributed by atoms with Gasteiger partial charge in [-0.3, -0.25) is 0 Å². The van der Waals surface area contributed by atoms with Gasteiger partial charge >= 0.3 is 0 Å². The lowest BCUT2D eigenvalue weighted by molar-refractivity contribution is -0.00100. The number of rotatable bonds is 7. The minimum absolute atomic E-state index is 0. The van der Waals surface area contributed by atoms with E-state index in [-0.39, 0.29) is 30.9 Å². The molecule has 0 fully saturated rings. The highest BCUT2D eigenvalue weighted by atomic mass is 35.5. The summed E-state index contributed by atoms with van der Waals surface area (Å²) in [5, 5.41) is 15.5. The smallest absolute Gasteiger partial charge is 0.231 e. The van der Waals surface area contributed by atoms with Gasteiger partial charge in [-0.1, -0.05) is 6.07 Å². The van der Waals surface area contributed by atoms with E-state index in [1.165, 1.54) is 5.56 Å². The van der Waals surface area contributed by atoms with Crippen molar-refractivity contribution in [2.24, 2.45) is 0 Å². The maximum atomic E-state index is 9.07. The van der Waals surface area contributed by atoms with E-state index in [0.717, 1.165) is 31.1 Å². The monoisotopic (exact) mass is 322 g/mol. The molecule has 1 unspecified atom stereocenters. The molecule has 0 aliphatic carbocycles. The Morgan fingerprint density at radius 2 is 1.85 bits per heavy atom. The average Bonchev–Trinajstić information content (AvgIpc) is 2.80. The Hall–Kier alpha value is -0.720. The van der Waals surface area contributed by atoms with Crippen LogP contribution in [-0.2, 0) is 6.54 Å². The quantitative estimate of drug-likeness (QED) is 0.437. The molecular formula is C13H20Cl2N2O3-2. The van der Waals surface area contributed by atoms with Crippen molar-refractivity contribution in [3.05, 3.63) is 23.8 Å². The highest BCUT2D eigenvalue weighted by molar-refractivity contribution is 5.44. The van der Waals surface area contributed by atoms with Crippen molar-refractivity contribution >= 4 is 0 Å². The molecule has 0 bridgehead atoms. The zero-order valence-electron chi connectivity index (χ0n) is 11.4. The molecule has 1 heterocycles. The number of nitrogens with one attached hydrogen (secondary N) is 2. The van der Waals surface area contributed by atoms with Crippen LogP contribution >= 0.6 is 0 Å². The first-order chi connectivity index (χ1) is 8.75. The van der Waals surface area contributed by atoms with Gasteiger partial charge in [0.05, 0.1) is 6.10 Å². The van der Waals surface area contributed by atoms with Gasteiger partial charge in [-0.25, -0.2) is 0 Å². The van der Waals surface area contributed by atoms with Crippen molar-refractivity contribution in [3.8, 4) is 11.5 Å². The van der Waals surface area contributed by atoms with Gasteiger partial charge in [-0.2, -0.15) is 0 Å². The lowest BCUT2D eigenvalue weighted by Crippen LogP contribution is -3.00. The van der Waals surface area contributed by atoms with Gasteiger partial charge in [-0.15, -0.1) is 0 Å². The number of halogens is 2. The average molecular weight is 323 g/mol. The third-order valence-corrected chi connectivity index (χ3v) is 2.68. The summed E-state index contributed by atoms with van der Waals surface area (Å²) in [5.74, 6) is 1.64. The van der Waals surface area contributed by atoms with Gasteiger partial charge in [0.15, 0.2) is 11.5 Å². The normalized spacial score (nSPS) is 13.3. The Labute approximate surface area is 131 Å². The SMILES string of the molecule is CC(O)CNCCNCc1ccc2c(c1)OCO2.[Cl-].[Cl-]. The molecule has 20 heavy (non-hydrogen) atoms. The van der Waals surface area contributed by atoms with Crippen molar-refractivity contribution in [2.75, 3.05) is 26.4 Å². The molecule has 2 rings (SSSR count). The second-order valence-corrected chi connectivity index (χ2v) is 4.42. The number of ether oxygens (including phenoxy) is 2. The fraction of sp³-hybridized carbons (Fsp3) is 0.538. The van der Waals surface area contributed by atoms with E-state index in [4.69, 9.17) is 14.6 Å². The van der Waals surface area contributed by atoms with Gasteiger partial charge in [0.2, 0.25) is 6.79 Å². The van der Waals surface area contributed by atoms with Crippen LogP contribution in [0.2, 0.25) is 0 Å². The first-order valence-corrected chi connectivity index (χ1v) is 6.24. The Morgan fingerprint density at radius 1 is 1.15 bits per heavy atom. The minimum Gasteiger partial charge on any atom is -1.00 e. The summed E-state index contributed by atoms with van der Waals surface area (Å²) in [6.07, 6.45) is -0.293. The van der Waals surface area contributed by atoms with E-state index in [9.17, 15) is 0 Å². The summed E-state index contributed by atoms with van der Waals surface area (Å²) in [6, 6.07) is 5.97. The van der Waals surface area contributed by atoms with Crippen LogP contribution in [0.15, 0.2) is 18.2 Å². The highest BCUT2D eigenvalue weighted by Gasteiger charge is 2.12. The second kappa shape index (κ2) is 10.1. The van der Waals surface area contributed by atoms with Gasteiger partial charge in [-0.05, 0) is 24.6 Å². The molecule has 1 aromatic rings. The summed E-state index contributed by atoms with van der Waals surface area (Å²) < 4.78 is 10.6. The molecular weight excluding hydrogens is 303 g/mol. The van der Waals surface area contributed by atoms with Crippen LogP contribution in [0, 0.1) is 0 Å². The highest BCUT2D eigenvalue weighted by Crippen LogP contribution is 2.32. The molecule has 3 N–H and O–H groups in total. The van der Waals surface area contributed by atoms with Gasteiger partial charge in [0.25, 0.3) is 0 Å². The van der Waals surface area contributed by atoms with E-state index >= 15 is 0 Å². The van der Waals surface area contributed by atoms with Crippen molar-refractivity contribution in [1.29, 1.82) is 0 Å². The largest absolute Gasteiger partial charge is 1.00 e. The van der Waals surface area contributed by atoms with Crippen molar-refractivity contribution in [3.63, 3.8) is 0 Å². The molecule has 0 amide bonds. The number of aliphatic hydroxyl groups is 1. The van der Waals surface area contributed by atoms with Crippen LogP contribution in [0.25, 0.3) is 0 Å². The van der Waals surface area contributed by atoms with Gasteiger partial charge < -0.3 is 50.0 Å². The van der Waals surface area contributed by atoms with Crippen LogP contribution < -0.4 is 44.9 Å². The van der Waals surface area contributed by atoms with Gasteiger partial charge in [0, 0.05) is 26.2 Å². The van der Waals surface area contributed by atoms with E-state index in [2.05, 4.69) is 10.6 Å². The van der Waals surface area contributed by atoms with E-state index in [1.54, 1.807) is 6.92 Å². The predicted octanol–water partition coefficient (Wildman–Crippen LogP) is -5.52. The molecule has 0 saturated heterocycles. The maximum Gasteiger partial charge on any atom is 0.231 e. The molecule has 1 aliphatic heterocycles. The van der Waals surface area contributed by atoms with Gasteiger partial charge in [0.1, 0.15) is 0 Å². The first kappa shape index (κ1) is 19.3. The Morgan fingerprint density at radius 3 is 2.60 bits per heavy atom. The van der Waals surface area contributed by atoms with E-state index in [1.807, 2.05) is 18.2 Å². The number of hydrogen-bond acceptors (Lipinski definition) is 5. The Kier molecular flexibility index (Phi) is 9.71. The second-order valence-electron chi connectivity index (χ2n) is 4.42. The molecule has 0 radical (unpaired) electrons. The zero-order valence-corrected chi connectivity index (χ0v) is 12.9. The molecule has 1 aromatic carbocycles. The maximum absolute atomic E-state index is 9.07. The molecule has 0 saturated carbocycles. The summed E-state index contributed by atoms with van der Waals surface area (Å²) in [7, 11) is 0. The van der Waals surface area contributed by atoms with Crippen molar-refractivity contribution in [1.82, 2.24) is 10.6 Å².